The summed E-state index contributed by atoms with van der Waals surface area (Å²) in [4.78, 5) is 25.4. The molecule has 3 aromatic carbocycles. The molecule has 4 rings (SSSR count). The van der Waals surface area contributed by atoms with Crippen molar-refractivity contribution in [2.75, 3.05) is 13.2 Å². The van der Waals surface area contributed by atoms with Gasteiger partial charge >= 0.3 is 0 Å². The lowest BCUT2D eigenvalue weighted by molar-refractivity contribution is -0.116. The van der Waals surface area contributed by atoms with Crippen LogP contribution < -0.4 is 15.5 Å². The number of ether oxygens (including phenoxy) is 1. The molecule has 0 saturated heterocycles. The zero-order valence-electron chi connectivity index (χ0n) is 20.8. The quantitative estimate of drug-likeness (QED) is 0.169. The van der Waals surface area contributed by atoms with Crippen molar-refractivity contribution < 1.29 is 34.4 Å². The van der Waals surface area contributed by atoms with Crippen LogP contribution in [0.5, 0.6) is 28.7 Å². The Kier molecular flexibility index (Phi) is 7.57. The number of fused-ring (bicyclic) bond motifs is 1. The van der Waals surface area contributed by atoms with Gasteiger partial charge in [-0.15, -0.1) is 0 Å². The first-order chi connectivity index (χ1) is 18.1. The highest BCUT2D eigenvalue weighted by Crippen LogP contribution is 2.36. The van der Waals surface area contributed by atoms with Gasteiger partial charge in [-0.2, -0.15) is 0 Å². The predicted octanol–water partition coefficient (Wildman–Crippen LogP) is 4.50. The lowest BCUT2D eigenvalue weighted by atomic mass is 10.1. The number of aromatic hydroxyl groups is 4. The third kappa shape index (κ3) is 5.73. The molecule has 0 radical (unpaired) electrons. The number of hydrogen-bond donors (Lipinski definition) is 5. The maximum Gasteiger partial charge on any atom is 0.244 e. The zero-order valence-corrected chi connectivity index (χ0v) is 20.8. The van der Waals surface area contributed by atoms with Crippen LogP contribution in [0.25, 0.3) is 28.4 Å². The van der Waals surface area contributed by atoms with Gasteiger partial charge in [-0.1, -0.05) is 12.1 Å². The first kappa shape index (κ1) is 26.2. The van der Waals surface area contributed by atoms with E-state index in [2.05, 4.69) is 5.32 Å². The molecule has 0 saturated carbocycles. The van der Waals surface area contributed by atoms with Gasteiger partial charge in [0.25, 0.3) is 0 Å². The van der Waals surface area contributed by atoms with Crippen LogP contribution in [-0.4, -0.2) is 39.5 Å². The third-order valence-electron chi connectivity index (χ3n) is 5.90. The summed E-state index contributed by atoms with van der Waals surface area (Å²) in [5.74, 6) is -0.914. The second-order valence-electron chi connectivity index (χ2n) is 8.80. The lowest BCUT2D eigenvalue weighted by Crippen LogP contribution is -2.24. The predicted molar refractivity (Wildman–Crippen MR) is 143 cm³/mol. The summed E-state index contributed by atoms with van der Waals surface area (Å²) in [6.45, 7) is 3.78. The number of phenolic OH excluding ortho intramolecular Hbond substituents is 4. The van der Waals surface area contributed by atoms with E-state index in [4.69, 9.17) is 9.15 Å². The summed E-state index contributed by atoms with van der Waals surface area (Å²) >= 11 is 0. The Morgan fingerprint density at radius 3 is 2.47 bits per heavy atom. The fraction of sp³-hybridized carbons (Fsp3) is 0.172. The minimum atomic E-state index is -0.627. The van der Waals surface area contributed by atoms with Crippen LogP contribution in [0.3, 0.4) is 0 Å². The molecule has 1 amide bonds. The highest BCUT2D eigenvalue weighted by Gasteiger charge is 2.21. The molecular weight excluding hydrogens is 490 g/mol. The molecule has 9 heteroatoms. The minimum absolute atomic E-state index is 0.0264. The average molecular weight is 518 g/mol. The maximum atomic E-state index is 13.3. The Balaban J connectivity index is 1.48. The Morgan fingerprint density at radius 1 is 0.947 bits per heavy atom. The minimum Gasteiger partial charge on any atom is -0.508 e. The van der Waals surface area contributed by atoms with E-state index in [1.54, 1.807) is 50.3 Å². The number of carbonyl (C=O) groups excluding carboxylic acids is 1. The molecule has 0 bridgehead atoms. The summed E-state index contributed by atoms with van der Waals surface area (Å²) in [5, 5.41) is 42.3. The molecule has 0 unspecified atom stereocenters. The molecule has 0 aliphatic heterocycles. The molecule has 0 atom stereocenters. The molecule has 0 fully saturated rings. The van der Waals surface area contributed by atoms with Crippen LogP contribution in [0.2, 0.25) is 0 Å². The van der Waals surface area contributed by atoms with Crippen LogP contribution in [-0.2, 0) is 4.79 Å². The summed E-state index contributed by atoms with van der Waals surface area (Å²) < 4.78 is 11.7. The van der Waals surface area contributed by atoms with Crippen molar-refractivity contribution in [3.05, 3.63) is 81.5 Å². The Bertz CT molecular complexity index is 1600. The van der Waals surface area contributed by atoms with E-state index < -0.39 is 11.2 Å². The van der Waals surface area contributed by atoms with Crippen molar-refractivity contribution in [2.24, 2.45) is 0 Å². The van der Waals surface area contributed by atoms with Crippen molar-refractivity contribution in [2.45, 2.75) is 20.3 Å². The number of rotatable bonds is 8. The number of aryl methyl sites for hydroxylation is 2. The number of phenols is 4. The molecule has 4 aromatic rings. The van der Waals surface area contributed by atoms with Crippen LogP contribution in [0.1, 0.15) is 23.1 Å². The largest absolute Gasteiger partial charge is 0.508 e. The summed E-state index contributed by atoms with van der Waals surface area (Å²) in [7, 11) is 0. The first-order valence-electron chi connectivity index (χ1n) is 11.8. The Hall–Kier alpha value is -4.92. The summed E-state index contributed by atoms with van der Waals surface area (Å²) in [5.41, 5.74) is 1.77. The van der Waals surface area contributed by atoms with Gasteiger partial charge < -0.3 is 34.9 Å². The maximum absolute atomic E-state index is 13.3. The number of nitrogens with one attached hydrogen (secondary N) is 1. The van der Waals surface area contributed by atoms with E-state index in [1.807, 2.05) is 0 Å². The molecular formula is C29H27NO8. The van der Waals surface area contributed by atoms with Crippen molar-refractivity contribution in [3.63, 3.8) is 0 Å². The topological polar surface area (TPSA) is 149 Å². The molecule has 38 heavy (non-hydrogen) atoms. The number of benzene rings is 3. The molecule has 5 N–H and O–H groups in total. The second-order valence-corrected chi connectivity index (χ2v) is 8.80. The molecule has 0 aliphatic carbocycles. The highest BCUT2D eigenvalue weighted by atomic mass is 16.5. The van der Waals surface area contributed by atoms with Gasteiger partial charge in [0.15, 0.2) is 5.76 Å². The SMILES string of the molecule is Cc1cc(-c2oc3cc(O)cc(O)c3c(=O)c2OCCCNC(=O)/C=C/c2ccc(C)c(O)c2)ccc1O. The Labute approximate surface area is 217 Å². The molecule has 1 aromatic heterocycles. The van der Waals surface area contributed by atoms with E-state index in [-0.39, 0.29) is 58.8 Å². The highest BCUT2D eigenvalue weighted by molar-refractivity contribution is 5.91. The molecule has 9 nitrogen and oxygen atoms in total. The molecule has 196 valence electrons. The van der Waals surface area contributed by atoms with Gasteiger partial charge in [-0.05, 0) is 67.3 Å². The van der Waals surface area contributed by atoms with Gasteiger partial charge in [0.1, 0.15) is 34.0 Å². The number of carbonyl (C=O) groups is 1. The fourth-order valence-electron chi connectivity index (χ4n) is 3.81. The first-order valence-corrected chi connectivity index (χ1v) is 11.8. The smallest absolute Gasteiger partial charge is 0.244 e. The Morgan fingerprint density at radius 2 is 1.74 bits per heavy atom. The van der Waals surface area contributed by atoms with E-state index >= 15 is 0 Å². The van der Waals surface area contributed by atoms with E-state index in [0.29, 0.717) is 23.1 Å². The fourth-order valence-corrected chi connectivity index (χ4v) is 3.81. The van der Waals surface area contributed by atoms with Gasteiger partial charge in [-0.25, -0.2) is 0 Å². The van der Waals surface area contributed by atoms with Gasteiger partial charge in [0.2, 0.25) is 17.1 Å². The normalized spacial score (nSPS) is 11.2. The summed E-state index contributed by atoms with van der Waals surface area (Å²) in [6, 6.07) is 12.0. The van der Waals surface area contributed by atoms with Gasteiger partial charge in [0.05, 0.1) is 6.61 Å². The molecule has 1 heterocycles. The molecule has 0 aliphatic rings. The van der Waals surface area contributed by atoms with E-state index in [0.717, 1.165) is 11.6 Å². The number of amides is 1. The standard InChI is InChI=1S/C29H27NO8/c1-16-4-5-18(13-22(16)33)6-9-25(35)30-10-3-11-37-29-27(36)26-23(34)14-20(31)15-24(26)38-28(29)19-7-8-21(32)17(2)12-19/h4-9,12-15,31-34H,3,10-11H2,1-2H3,(H,30,35)/b9-6+. The zero-order chi connectivity index (χ0) is 27.4. The van der Waals surface area contributed by atoms with Crippen molar-refractivity contribution in [1.29, 1.82) is 0 Å². The monoisotopic (exact) mass is 517 g/mol. The van der Waals surface area contributed by atoms with Gasteiger partial charge in [-0.3, -0.25) is 9.59 Å². The van der Waals surface area contributed by atoms with Gasteiger partial charge in [0, 0.05) is 30.3 Å². The van der Waals surface area contributed by atoms with Crippen LogP contribution in [0, 0.1) is 13.8 Å². The second kappa shape index (κ2) is 11.0. The van der Waals surface area contributed by atoms with Crippen molar-refractivity contribution in [3.8, 4) is 40.1 Å². The van der Waals surface area contributed by atoms with E-state index in [9.17, 15) is 30.0 Å². The van der Waals surface area contributed by atoms with Crippen molar-refractivity contribution in [1.82, 2.24) is 5.32 Å². The van der Waals surface area contributed by atoms with Crippen molar-refractivity contribution >= 4 is 23.0 Å². The molecule has 0 spiro atoms. The van der Waals surface area contributed by atoms with Crippen LogP contribution in [0.4, 0.5) is 0 Å². The lowest BCUT2D eigenvalue weighted by Gasteiger charge is -2.13. The third-order valence-corrected chi connectivity index (χ3v) is 5.90. The van der Waals surface area contributed by atoms with Crippen LogP contribution in [0.15, 0.2) is 63.8 Å². The van der Waals surface area contributed by atoms with Crippen LogP contribution >= 0.6 is 0 Å². The number of hydrogen-bond acceptors (Lipinski definition) is 8. The van der Waals surface area contributed by atoms with E-state index in [1.165, 1.54) is 18.2 Å². The average Bonchev–Trinajstić information content (AvgIpc) is 2.86. The summed E-state index contributed by atoms with van der Waals surface area (Å²) in [6.07, 6.45) is 3.30.